The summed E-state index contributed by atoms with van der Waals surface area (Å²) in [5.74, 6) is 0.139. The Morgan fingerprint density at radius 1 is 1.62 bits per heavy atom. The van der Waals surface area contributed by atoms with Gasteiger partial charge in [0.1, 0.15) is 6.61 Å². The van der Waals surface area contributed by atoms with E-state index in [4.69, 9.17) is 4.74 Å². The summed E-state index contributed by atoms with van der Waals surface area (Å²) in [7, 11) is 0. The molecule has 0 unspecified atom stereocenters. The second kappa shape index (κ2) is 4.07. The van der Waals surface area contributed by atoms with Crippen LogP contribution in [0.2, 0.25) is 0 Å². The molecule has 1 N–H and O–H groups in total. The molecule has 0 bridgehead atoms. The van der Waals surface area contributed by atoms with Gasteiger partial charge in [-0.1, -0.05) is 0 Å². The van der Waals surface area contributed by atoms with Crippen molar-refractivity contribution in [3.05, 3.63) is 0 Å². The lowest BCUT2D eigenvalue weighted by Gasteiger charge is -2.29. The number of amides is 1. The number of nitrogens with zero attached hydrogens (tertiary/aromatic N) is 1. The van der Waals surface area contributed by atoms with Gasteiger partial charge in [-0.3, -0.25) is 4.79 Å². The zero-order valence-electron chi connectivity index (χ0n) is 7.79. The van der Waals surface area contributed by atoms with Crippen LogP contribution >= 0.6 is 0 Å². The summed E-state index contributed by atoms with van der Waals surface area (Å²) in [5, 5.41) is 3.39. The van der Waals surface area contributed by atoms with E-state index in [1.54, 1.807) is 0 Å². The van der Waals surface area contributed by atoms with Crippen LogP contribution in [0.3, 0.4) is 0 Å². The molecule has 2 saturated heterocycles. The lowest BCUT2D eigenvalue weighted by atomic mass is 10.2. The number of carbonyl (C=O) groups is 1. The van der Waals surface area contributed by atoms with Crippen LogP contribution in [0.5, 0.6) is 0 Å². The first-order valence-corrected chi connectivity index (χ1v) is 4.95. The van der Waals surface area contributed by atoms with Gasteiger partial charge in [0, 0.05) is 19.1 Å². The molecule has 0 saturated carbocycles. The Morgan fingerprint density at radius 2 is 2.54 bits per heavy atom. The molecule has 74 valence electrons. The van der Waals surface area contributed by atoms with Gasteiger partial charge < -0.3 is 15.0 Å². The molecule has 0 radical (unpaired) electrons. The normalized spacial score (nSPS) is 29.7. The molecule has 1 amide bonds. The maximum Gasteiger partial charge on any atom is 0.248 e. The van der Waals surface area contributed by atoms with Crippen molar-refractivity contribution in [2.45, 2.75) is 18.9 Å². The fraction of sp³-hybridized carbons (Fsp3) is 0.889. The Morgan fingerprint density at radius 3 is 3.23 bits per heavy atom. The van der Waals surface area contributed by atoms with Gasteiger partial charge in [-0.05, 0) is 19.4 Å². The quantitative estimate of drug-likeness (QED) is 0.634. The van der Waals surface area contributed by atoms with Crippen LogP contribution in [0.4, 0.5) is 0 Å². The first-order chi connectivity index (χ1) is 6.36. The summed E-state index contributed by atoms with van der Waals surface area (Å²) in [6.07, 6.45) is 2.44. The van der Waals surface area contributed by atoms with E-state index in [2.05, 4.69) is 5.32 Å². The number of ether oxygens (including phenoxy) is 1. The van der Waals surface area contributed by atoms with Crippen molar-refractivity contribution < 1.29 is 9.53 Å². The van der Waals surface area contributed by atoms with E-state index in [0.717, 1.165) is 19.6 Å². The largest absolute Gasteiger partial charge is 0.370 e. The van der Waals surface area contributed by atoms with E-state index in [1.165, 1.54) is 12.8 Å². The van der Waals surface area contributed by atoms with E-state index < -0.39 is 0 Å². The molecule has 1 atom stereocenters. The van der Waals surface area contributed by atoms with Crippen molar-refractivity contribution >= 4 is 5.91 Å². The minimum absolute atomic E-state index is 0.139. The van der Waals surface area contributed by atoms with E-state index in [0.29, 0.717) is 12.6 Å². The molecule has 4 nitrogen and oxygen atoms in total. The number of hydrogen-bond acceptors (Lipinski definition) is 3. The van der Waals surface area contributed by atoms with Crippen LogP contribution in [0.1, 0.15) is 12.8 Å². The number of morpholine rings is 1. The van der Waals surface area contributed by atoms with Crippen molar-refractivity contribution in [1.29, 1.82) is 0 Å². The minimum Gasteiger partial charge on any atom is -0.370 e. The van der Waals surface area contributed by atoms with Gasteiger partial charge in [0.05, 0.1) is 6.61 Å². The van der Waals surface area contributed by atoms with Crippen LogP contribution < -0.4 is 5.32 Å². The molecule has 0 aromatic heterocycles. The molecule has 2 heterocycles. The second-order valence-corrected chi connectivity index (χ2v) is 3.69. The maximum absolute atomic E-state index is 11.4. The van der Waals surface area contributed by atoms with Crippen molar-refractivity contribution in [3.8, 4) is 0 Å². The van der Waals surface area contributed by atoms with Gasteiger partial charge in [-0.25, -0.2) is 0 Å². The lowest BCUT2D eigenvalue weighted by molar-refractivity contribution is -0.142. The third kappa shape index (κ3) is 2.19. The molecule has 2 aliphatic heterocycles. The molecule has 0 aromatic rings. The highest BCUT2D eigenvalue weighted by Gasteiger charge is 2.23. The predicted octanol–water partition coefficient (Wildman–Crippen LogP) is -0.403. The van der Waals surface area contributed by atoms with Gasteiger partial charge in [0.2, 0.25) is 5.91 Å². The summed E-state index contributed by atoms with van der Waals surface area (Å²) in [6.45, 7) is 3.69. The molecular formula is C9H16N2O2. The van der Waals surface area contributed by atoms with Crippen molar-refractivity contribution in [2.75, 3.05) is 32.8 Å². The Labute approximate surface area is 78.2 Å². The molecule has 0 spiro atoms. The maximum atomic E-state index is 11.4. The molecule has 0 aliphatic carbocycles. The van der Waals surface area contributed by atoms with E-state index in [9.17, 15) is 4.79 Å². The molecule has 2 fully saturated rings. The van der Waals surface area contributed by atoms with Crippen LogP contribution in [-0.4, -0.2) is 49.7 Å². The van der Waals surface area contributed by atoms with Crippen LogP contribution in [0.15, 0.2) is 0 Å². The molecular weight excluding hydrogens is 168 g/mol. The highest BCUT2D eigenvalue weighted by molar-refractivity contribution is 5.78. The third-order valence-electron chi connectivity index (χ3n) is 2.69. The average Bonchev–Trinajstić information content (AvgIpc) is 2.61. The van der Waals surface area contributed by atoms with E-state index >= 15 is 0 Å². The zero-order valence-corrected chi connectivity index (χ0v) is 7.79. The topological polar surface area (TPSA) is 41.6 Å². The number of nitrogens with one attached hydrogen (secondary N) is 1. The Balaban J connectivity index is 1.81. The average molecular weight is 184 g/mol. The third-order valence-corrected chi connectivity index (χ3v) is 2.69. The van der Waals surface area contributed by atoms with Crippen LogP contribution in [0, 0.1) is 0 Å². The van der Waals surface area contributed by atoms with Gasteiger partial charge >= 0.3 is 0 Å². The first-order valence-electron chi connectivity index (χ1n) is 4.95. The minimum atomic E-state index is 0.139. The fourth-order valence-corrected chi connectivity index (χ4v) is 1.92. The smallest absolute Gasteiger partial charge is 0.248 e. The Bertz CT molecular complexity index is 190. The van der Waals surface area contributed by atoms with Crippen LogP contribution in [0.25, 0.3) is 0 Å². The van der Waals surface area contributed by atoms with Crippen LogP contribution in [-0.2, 0) is 9.53 Å². The lowest BCUT2D eigenvalue weighted by Crippen LogP contribution is -2.47. The van der Waals surface area contributed by atoms with E-state index in [1.807, 2.05) is 4.90 Å². The van der Waals surface area contributed by atoms with Crippen molar-refractivity contribution in [2.24, 2.45) is 0 Å². The standard InChI is InChI=1S/C9H16N2O2/c12-9-7-13-5-4-11(9)6-8-2-1-3-10-8/h8,10H,1-7H2/t8-/m1/s1. The molecule has 0 aromatic carbocycles. The molecule has 4 heteroatoms. The number of rotatable bonds is 2. The van der Waals surface area contributed by atoms with Gasteiger partial charge in [0.25, 0.3) is 0 Å². The van der Waals surface area contributed by atoms with Crippen molar-refractivity contribution in [1.82, 2.24) is 10.2 Å². The van der Waals surface area contributed by atoms with Gasteiger partial charge in [-0.15, -0.1) is 0 Å². The van der Waals surface area contributed by atoms with Gasteiger partial charge in [0.15, 0.2) is 0 Å². The van der Waals surface area contributed by atoms with E-state index in [-0.39, 0.29) is 12.5 Å². The zero-order chi connectivity index (χ0) is 9.10. The number of carbonyl (C=O) groups excluding carboxylic acids is 1. The van der Waals surface area contributed by atoms with Gasteiger partial charge in [-0.2, -0.15) is 0 Å². The molecule has 13 heavy (non-hydrogen) atoms. The second-order valence-electron chi connectivity index (χ2n) is 3.69. The summed E-state index contributed by atoms with van der Waals surface area (Å²) >= 11 is 0. The summed E-state index contributed by atoms with van der Waals surface area (Å²) in [4.78, 5) is 13.3. The SMILES string of the molecule is O=C1COCCN1C[C@H]1CCCN1. The molecule has 2 rings (SSSR count). The number of hydrogen-bond donors (Lipinski definition) is 1. The predicted molar refractivity (Wildman–Crippen MR) is 48.4 cm³/mol. The first kappa shape index (κ1) is 8.97. The Hall–Kier alpha value is -0.610. The summed E-state index contributed by atoms with van der Waals surface area (Å²) in [6, 6.07) is 0.516. The Kier molecular flexibility index (Phi) is 2.80. The fourth-order valence-electron chi connectivity index (χ4n) is 1.92. The summed E-state index contributed by atoms with van der Waals surface area (Å²) in [5.41, 5.74) is 0. The monoisotopic (exact) mass is 184 g/mol. The highest BCUT2D eigenvalue weighted by atomic mass is 16.5. The van der Waals surface area contributed by atoms with Crippen molar-refractivity contribution in [3.63, 3.8) is 0 Å². The molecule has 2 aliphatic rings. The summed E-state index contributed by atoms with van der Waals surface area (Å²) < 4.78 is 5.06. The highest BCUT2D eigenvalue weighted by Crippen LogP contribution is 2.08.